The molecular formula is C16H14F3N5O2. The van der Waals surface area contributed by atoms with Crippen LogP contribution in [0.1, 0.15) is 11.5 Å². The van der Waals surface area contributed by atoms with E-state index in [9.17, 15) is 18.0 Å². The maximum atomic E-state index is 12.7. The number of alkyl halides is 3. The number of hydrogen-bond acceptors (Lipinski definition) is 5. The van der Waals surface area contributed by atoms with Crippen LogP contribution in [0.4, 0.5) is 13.2 Å². The summed E-state index contributed by atoms with van der Waals surface area (Å²) in [6, 6.07) is 5.15. The molecular weight excluding hydrogens is 351 g/mol. The molecule has 1 aromatic carbocycles. The second-order valence-corrected chi connectivity index (χ2v) is 5.89. The lowest BCUT2D eigenvalue weighted by molar-refractivity contribution is -0.274. The minimum absolute atomic E-state index is 0.112. The minimum atomic E-state index is -4.76. The molecule has 0 saturated carbocycles. The molecule has 0 bridgehead atoms. The largest absolute Gasteiger partial charge is 0.573 e. The predicted molar refractivity (Wildman–Crippen MR) is 87.1 cm³/mol. The van der Waals surface area contributed by atoms with Crippen LogP contribution >= 0.6 is 0 Å². The van der Waals surface area contributed by atoms with Crippen LogP contribution in [0.2, 0.25) is 0 Å². The second-order valence-electron chi connectivity index (χ2n) is 5.89. The van der Waals surface area contributed by atoms with Gasteiger partial charge in [0.1, 0.15) is 11.3 Å². The van der Waals surface area contributed by atoms with Crippen molar-refractivity contribution in [1.82, 2.24) is 25.4 Å². The maximum absolute atomic E-state index is 12.7. The van der Waals surface area contributed by atoms with Gasteiger partial charge in [0, 0.05) is 36.5 Å². The molecule has 0 aliphatic carbocycles. The van der Waals surface area contributed by atoms with E-state index in [1.165, 1.54) is 35.2 Å². The Bertz CT molecular complexity index is 988. The van der Waals surface area contributed by atoms with Crippen molar-refractivity contribution in [2.45, 2.75) is 12.3 Å². The molecule has 0 atom stereocenters. The average Bonchev–Trinajstić information content (AvgIpc) is 3.27. The van der Waals surface area contributed by atoms with Gasteiger partial charge >= 0.3 is 6.36 Å². The number of nitrogens with one attached hydrogen (secondary N) is 3. The molecule has 1 fully saturated rings. The number of aromatic amines is 1. The van der Waals surface area contributed by atoms with Crippen molar-refractivity contribution in [3.05, 3.63) is 52.7 Å². The fourth-order valence-corrected chi connectivity index (χ4v) is 3.04. The molecule has 3 heterocycles. The van der Waals surface area contributed by atoms with Crippen molar-refractivity contribution in [1.29, 1.82) is 0 Å². The SMILES string of the molecule is O=c1c2[nH]cnc2c(C2CNNC2)cn1-c1ccc(OC(F)(F)F)cc1. The summed E-state index contributed by atoms with van der Waals surface area (Å²) in [6.45, 7) is 1.36. The van der Waals surface area contributed by atoms with Crippen molar-refractivity contribution in [2.75, 3.05) is 13.1 Å². The molecule has 0 radical (unpaired) electrons. The summed E-state index contributed by atoms with van der Waals surface area (Å²) in [5.41, 5.74) is 7.98. The zero-order valence-electron chi connectivity index (χ0n) is 13.3. The van der Waals surface area contributed by atoms with Crippen LogP contribution in [-0.2, 0) is 0 Å². The van der Waals surface area contributed by atoms with Gasteiger partial charge in [0.25, 0.3) is 5.56 Å². The third-order valence-electron chi connectivity index (χ3n) is 4.22. The van der Waals surface area contributed by atoms with Gasteiger partial charge < -0.3 is 9.72 Å². The number of nitrogens with zero attached hydrogens (tertiary/aromatic N) is 2. The number of pyridine rings is 1. The first kappa shape index (κ1) is 16.6. The Labute approximate surface area is 144 Å². The van der Waals surface area contributed by atoms with Gasteiger partial charge in [0.2, 0.25) is 0 Å². The van der Waals surface area contributed by atoms with Crippen molar-refractivity contribution in [3.63, 3.8) is 0 Å². The van der Waals surface area contributed by atoms with Crippen LogP contribution in [0.25, 0.3) is 16.7 Å². The van der Waals surface area contributed by atoms with Gasteiger partial charge in [0.15, 0.2) is 0 Å². The van der Waals surface area contributed by atoms with E-state index in [2.05, 4.69) is 25.6 Å². The number of hydrogen-bond donors (Lipinski definition) is 3. The third-order valence-corrected chi connectivity index (χ3v) is 4.22. The predicted octanol–water partition coefficient (Wildman–Crippen LogP) is 1.80. The van der Waals surface area contributed by atoms with E-state index in [0.717, 1.165) is 5.56 Å². The highest BCUT2D eigenvalue weighted by Gasteiger charge is 2.31. The Hall–Kier alpha value is -2.85. The molecule has 7 nitrogen and oxygen atoms in total. The summed E-state index contributed by atoms with van der Waals surface area (Å²) >= 11 is 0. The van der Waals surface area contributed by atoms with Gasteiger partial charge in [-0.3, -0.25) is 20.2 Å². The quantitative estimate of drug-likeness (QED) is 0.659. The van der Waals surface area contributed by atoms with E-state index < -0.39 is 6.36 Å². The van der Waals surface area contributed by atoms with Crippen molar-refractivity contribution in [3.8, 4) is 11.4 Å². The molecule has 1 saturated heterocycles. The van der Waals surface area contributed by atoms with Gasteiger partial charge in [-0.1, -0.05) is 0 Å². The normalized spacial score (nSPS) is 15.7. The summed E-state index contributed by atoms with van der Waals surface area (Å²) in [6.07, 6.45) is -1.62. The van der Waals surface area contributed by atoms with Crippen LogP contribution in [0, 0.1) is 0 Å². The summed E-state index contributed by atoms with van der Waals surface area (Å²) in [5.74, 6) is -0.234. The number of halogens is 3. The van der Waals surface area contributed by atoms with E-state index in [4.69, 9.17) is 0 Å². The molecule has 2 aromatic heterocycles. The highest BCUT2D eigenvalue weighted by atomic mass is 19.4. The van der Waals surface area contributed by atoms with E-state index in [0.29, 0.717) is 29.8 Å². The number of H-pyrrole nitrogens is 1. The standard InChI is InChI=1S/C16H14F3N5O2/c17-16(18,19)26-11-3-1-10(2-4-11)24-7-12(9-5-22-23-6-9)13-14(15(24)25)21-8-20-13/h1-4,7-9,22-23H,5-6H2,(H,20,21). The molecule has 3 N–H and O–H groups in total. The summed E-state index contributed by atoms with van der Waals surface area (Å²) < 4.78 is 42.1. The number of ether oxygens (including phenoxy) is 1. The van der Waals surface area contributed by atoms with Crippen molar-refractivity contribution < 1.29 is 17.9 Å². The lowest BCUT2D eigenvalue weighted by atomic mass is 10.0. The van der Waals surface area contributed by atoms with Gasteiger partial charge in [-0.2, -0.15) is 0 Å². The van der Waals surface area contributed by atoms with Gasteiger partial charge in [0.05, 0.1) is 11.8 Å². The number of fused-ring (bicyclic) bond motifs is 1. The van der Waals surface area contributed by atoms with E-state index in [1.807, 2.05) is 0 Å². The number of benzene rings is 1. The summed E-state index contributed by atoms with van der Waals surface area (Å²) in [4.78, 5) is 19.8. The van der Waals surface area contributed by atoms with Crippen LogP contribution in [0.15, 0.2) is 41.6 Å². The zero-order valence-corrected chi connectivity index (χ0v) is 13.3. The topological polar surface area (TPSA) is 84.0 Å². The maximum Gasteiger partial charge on any atom is 0.573 e. The van der Waals surface area contributed by atoms with Gasteiger partial charge in [-0.25, -0.2) is 4.98 Å². The van der Waals surface area contributed by atoms with Gasteiger partial charge in [-0.05, 0) is 24.3 Å². The van der Waals surface area contributed by atoms with Gasteiger partial charge in [-0.15, -0.1) is 13.2 Å². The fourth-order valence-electron chi connectivity index (χ4n) is 3.04. The first-order valence-corrected chi connectivity index (χ1v) is 7.83. The molecule has 4 rings (SSSR count). The fraction of sp³-hybridized carbons (Fsp3) is 0.250. The molecule has 0 unspecified atom stereocenters. The van der Waals surface area contributed by atoms with Crippen LogP contribution in [0.5, 0.6) is 5.75 Å². The van der Waals surface area contributed by atoms with Crippen LogP contribution in [0.3, 0.4) is 0 Å². The second kappa shape index (κ2) is 6.15. The summed E-state index contributed by atoms with van der Waals surface area (Å²) in [7, 11) is 0. The summed E-state index contributed by atoms with van der Waals surface area (Å²) in [5, 5.41) is 0. The average molecular weight is 365 g/mol. The molecule has 26 heavy (non-hydrogen) atoms. The number of imidazole rings is 1. The lowest BCUT2D eigenvalue weighted by Crippen LogP contribution is -2.21. The number of rotatable bonds is 3. The minimum Gasteiger partial charge on any atom is -0.406 e. The third kappa shape index (κ3) is 3.04. The van der Waals surface area contributed by atoms with Crippen LogP contribution < -0.4 is 21.1 Å². The molecule has 10 heteroatoms. The van der Waals surface area contributed by atoms with E-state index >= 15 is 0 Å². The Morgan fingerprint density at radius 2 is 1.85 bits per heavy atom. The zero-order chi connectivity index (χ0) is 18.3. The van der Waals surface area contributed by atoms with Crippen LogP contribution in [-0.4, -0.2) is 34.0 Å². The Morgan fingerprint density at radius 1 is 1.15 bits per heavy atom. The Morgan fingerprint density at radius 3 is 2.50 bits per heavy atom. The van der Waals surface area contributed by atoms with E-state index in [1.54, 1.807) is 6.20 Å². The lowest BCUT2D eigenvalue weighted by Gasteiger charge is -2.14. The first-order chi connectivity index (χ1) is 12.4. The molecule has 1 aliphatic heterocycles. The van der Waals surface area contributed by atoms with Crippen molar-refractivity contribution >= 4 is 11.0 Å². The highest BCUT2D eigenvalue weighted by Crippen LogP contribution is 2.26. The molecule has 3 aromatic rings. The highest BCUT2D eigenvalue weighted by molar-refractivity contribution is 5.78. The van der Waals surface area contributed by atoms with Crippen molar-refractivity contribution in [2.24, 2.45) is 0 Å². The first-order valence-electron chi connectivity index (χ1n) is 7.83. The monoisotopic (exact) mass is 365 g/mol. The number of hydrazine groups is 1. The molecule has 0 spiro atoms. The Balaban J connectivity index is 1.78. The molecule has 0 amide bonds. The Kier molecular flexibility index (Phi) is 3.93. The molecule has 136 valence electrons. The molecule has 1 aliphatic rings. The van der Waals surface area contributed by atoms with E-state index in [-0.39, 0.29) is 17.2 Å². The smallest absolute Gasteiger partial charge is 0.406 e. The number of aromatic nitrogens is 3.